The third kappa shape index (κ3) is 5.45. The summed E-state index contributed by atoms with van der Waals surface area (Å²) in [6.45, 7) is 9.20. The van der Waals surface area contributed by atoms with Gasteiger partial charge in [-0.2, -0.15) is 0 Å². The quantitative estimate of drug-likeness (QED) is 0.616. The average molecular weight is 460 g/mol. The van der Waals surface area contributed by atoms with Crippen LogP contribution in [0, 0.1) is 17.8 Å². The first-order chi connectivity index (χ1) is 15.8. The monoisotopic (exact) mass is 459 g/mol. The molecule has 2 aliphatic heterocycles. The number of rotatable bonds is 8. The van der Waals surface area contributed by atoms with Crippen molar-refractivity contribution in [3.63, 3.8) is 0 Å². The topological polar surface area (TPSA) is 77.0 Å². The third-order valence-corrected chi connectivity index (χ3v) is 7.90. The Morgan fingerprint density at radius 2 is 2.06 bits per heavy atom. The van der Waals surface area contributed by atoms with E-state index in [4.69, 9.17) is 14.2 Å². The van der Waals surface area contributed by atoms with Crippen LogP contribution in [-0.4, -0.2) is 49.3 Å². The second kappa shape index (κ2) is 10.4. The van der Waals surface area contributed by atoms with Crippen molar-refractivity contribution in [3.05, 3.63) is 35.4 Å². The van der Waals surface area contributed by atoms with Crippen LogP contribution >= 0.6 is 0 Å². The molecule has 2 N–H and O–H groups in total. The van der Waals surface area contributed by atoms with E-state index in [1.54, 1.807) is 0 Å². The van der Waals surface area contributed by atoms with Gasteiger partial charge in [-0.15, -0.1) is 0 Å². The second-order valence-electron chi connectivity index (χ2n) is 10.9. The van der Waals surface area contributed by atoms with Crippen molar-refractivity contribution >= 4 is 5.91 Å². The molecule has 1 amide bonds. The van der Waals surface area contributed by atoms with Gasteiger partial charge in [-0.3, -0.25) is 4.79 Å². The Kier molecular flexibility index (Phi) is 7.79. The molecule has 0 radical (unpaired) electrons. The van der Waals surface area contributed by atoms with Gasteiger partial charge < -0.3 is 24.6 Å². The molecule has 3 fully saturated rings. The first kappa shape index (κ1) is 24.6. The van der Waals surface area contributed by atoms with Crippen LogP contribution < -0.4 is 5.32 Å². The molecule has 184 valence electrons. The zero-order valence-electron chi connectivity index (χ0n) is 20.5. The first-order valence-corrected chi connectivity index (χ1v) is 12.7. The number of hydrogen-bond acceptors (Lipinski definition) is 5. The van der Waals surface area contributed by atoms with Gasteiger partial charge in [-0.05, 0) is 61.0 Å². The maximum atomic E-state index is 13.3. The summed E-state index contributed by atoms with van der Waals surface area (Å²) in [6.07, 6.45) is 5.57. The Balaban J connectivity index is 1.41. The van der Waals surface area contributed by atoms with Crippen molar-refractivity contribution in [2.45, 2.75) is 83.2 Å². The van der Waals surface area contributed by atoms with Gasteiger partial charge >= 0.3 is 0 Å². The highest BCUT2D eigenvalue weighted by atomic mass is 16.7. The minimum Gasteiger partial charge on any atom is -0.380 e. The van der Waals surface area contributed by atoms with Crippen molar-refractivity contribution in [1.29, 1.82) is 0 Å². The van der Waals surface area contributed by atoms with Gasteiger partial charge in [-0.25, -0.2) is 0 Å². The number of amides is 1. The number of carbonyl (C=O) groups excluding carboxylic acids is 1. The minimum absolute atomic E-state index is 0.00947. The predicted octanol–water partition coefficient (Wildman–Crippen LogP) is 3.94. The fourth-order valence-electron chi connectivity index (χ4n) is 5.78. The van der Waals surface area contributed by atoms with E-state index in [0.717, 1.165) is 49.8 Å². The van der Waals surface area contributed by atoms with Crippen molar-refractivity contribution in [3.8, 4) is 0 Å². The van der Waals surface area contributed by atoms with Gasteiger partial charge in [0.1, 0.15) is 5.60 Å². The molecule has 2 saturated heterocycles. The van der Waals surface area contributed by atoms with Crippen LogP contribution in [0.1, 0.15) is 70.4 Å². The SMILES string of the molecule is CC1CCC(C(C)C)[C@@](O)(C(=O)NCC2(c3cccc(COC4CCCCO4)c3)COC2)C1. The van der Waals surface area contributed by atoms with Crippen LogP contribution in [0.25, 0.3) is 0 Å². The number of nitrogens with one attached hydrogen (secondary N) is 1. The van der Waals surface area contributed by atoms with E-state index in [1.807, 2.05) is 6.07 Å². The Labute approximate surface area is 198 Å². The summed E-state index contributed by atoms with van der Waals surface area (Å²) in [4.78, 5) is 13.3. The predicted molar refractivity (Wildman–Crippen MR) is 127 cm³/mol. The van der Waals surface area contributed by atoms with Gasteiger partial charge in [-0.1, -0.05) is 51.5 Å². The number of aliphatic hydroxyl groups is 1. The molecular weight excluding hydrogens is 418 g/mol. The molecule has 1 saturated carbocycles. The molecule has 3 aliphatic rings. The molecule has 1 aliphatic carbocycles. The molecule has 1 aromatic carbocycles. The largest absolute Gasteiger partial charge is 0.380 e. The van der Waals surface area contributed by atoms with Gasteiger partial charge in [0.2, 0.25) is 0 Å². The standard InChI is InChI=1S/C27H41NO5/c1-19(2)23-11-10-20(3)14-27(23,30)25(29)28-16-26(17-31-18-26)22-8-6-7-21(13-22)15-33-24-9-4-5-12-32-24/h6-8,13,19-20,23-24,30H,4-5,9-12,14-18H2,1-3H3,(H,28,29)/t20?,23?,24?,27-/m1/s1. The zero-order chi connectivity index (χ0) is 23.5. The first-order valence-electron chi connectivity index (χ1n) is 12.7. The Bertz CT molecular complexity index is 801. The lowest BCUT2D eigenvalue weighted by Crippen LogP contribution is -2.60. The average Bonchev–Trinajstić information content (AvgIpc) is 2.77. The Morgan fingerprint density at radius 3 is 2.73 bits per heavy atom. The lowest BCUT2D eigenvalue weighted by Gasteiger charge is -2.45. The van der Waals surface area contributed by atoms with Gasteiger partial charge in [0, 0.05) is 13.2 Å². The molecule has 0 aromatic heterocycles. The van der Waals surface area contributed by atoms with Crippen LogP contribution in [0.15, 0.2) is 24.3 Å². The van der Waals surface area contributed by atoms with E-state index in [-0.39, 0.29) is 29.4 Å². The minimum atomic E-state index is -1.30. The highest BCUT2D eigenvalue weighted by Gasteiger charge is 2.49. The van der Waals surface area contributed by atoms with Crippen molar-refractivity contribution in [2.75, 3.05) is 26.4 Å². The fourth-order valence-corrected chi connectivity index (χ4v) is 5.78. The summed E-state index contributed by atoms with van der Waals surface area (Å²) in [5.41, 5.74) is 0.674. The van der Waals surface area contributed by atoms with Crippen molar-refractivity contribution in [1.82, 2.24) is 5.32 Å². The molecule has 6 heteroatoms. The number of benzene rings is 1. The summed E-state index contributed by atoms with van der Waals surface area (Å²) in [6, 6.07) is 8.37. The van der Waals surface area contributed by atoms with E-state index in [2.05, 4.69) is 44.3 Å². The molecule has 3 unspecified atom stereocenters. The van der Waals surface area contributed by atoms with Crippen molar-refractivity contribution < 1.29 is 24.1 Å². The maximum absolute atomic E-state index is 13.3. The van der Waals surface area contributed by atoms with E-state index < -0.39 is 5.60 Å². The van der Waals surface area contributed by atoms with Gasteiger partial charge in [0.25, 0.3) is 5.91 Å². The molecular formula is C27H41NO5. The lowest BCUT2D eigenvalue weighted by molar-refractivity contribution is -0.169. The van der Waals surface area contributed by atoms with Crippen molar-refractivity contribution in [2.24, 2.45) is 17.8 Å². The van der Waals surface area contributed by atoms with Gasteiger partial charge in [0.15, 0.2) is 6.29 Å². The van der Waals surface area contributed by atoms with E-state index >= 15 is 0 Å². The Hall–Kier alpha value is -1.47. The molecule has 1 aromatic rings. The fraction of sp³-hybridized carbons (Fsp3) is 0.741. The highest BCUT2D eigenvalue weighted by Crippen LogP contribution is 2.41. The maximum Gasteiger partial charge on any atom is 0.252 e. The summed E-state index contributed by atoms with van der Waals surface area (Å²) < 4.78 is 17.2. The van der Waals surface area contributed by atoms with Crippen LogP contribution in [0.2, 0.25) is 0 Å². The second-order valence-corrected chi connectivity index (χ2v) is 10.9. The molecule has 2 heterocycles. The lowest BCUT2D eigenvalue weighted by atomic mass is 9.66. The highest BCUT2D eigenvalue weighted by molar-refractivity contribution is 5.85. The molecule has 0 bridgehead atoms. The zero-order valence-corrected chi connectivity index (χ0v) is 20.5. The number of hydrogen-bond donors (Lipinski definition) is 2. The summed E-state index contributed by atoms with van der Waals surface area (Å²) in [7, 11) is 0. The summed E-state index contributed by atoms with van der Waals surface area (Å²) in [5, 5.41) is 14.6. The summed E-state index contributed by atoms with van der Waals surface area (Å²) in [5.74, 6) is 0.373. The van der Waals surface area contributed by atoms with Gasteiger partial charge in [0.05, 0.1) is 25.2 Å². The molecule has 33 heavy (non-hydrogen) atoms. The number of carbonyl (C=O) groups is 1. The molecule has 4 atom stereocenters. The third-order valence-electron chi connectivity index (χ3n) is 7.90. The number of ether oxygens (including phenoxy) is 3. The molecule has 4 rings (SSSR count). The van der Waals surface area contributed by atoms with E-state index in [0.29, 0.717) is 38.7 Å². The van der Waals surface area contributed by atoms with E-state index in [1.165, 1.54) is 0 Å². The van der Waals surface area contributed by atoms with E-state index in [9.17, 15) is 9.90 Å². The smallest absolute Gasteiger partial charge is 0.252 e. The molecule has 0 spiro atoms. The van der Waals surface area contributed by atoms with Crippen LogP contribution in [-0.2, 0) is 31.0 Å². The van der Waals surface area contributed by atoms with Crippen LogP contribution in [0.3, 0.4) is 0 Å². The van der Waals surface area contributed by atoms with Crippen LogP contribution in [0.5, 0.6) is 0 Å². The summed E-state index contributed by atoms with van der Waals surface area (Å²) >= 11 is 0. The molecule has 6 nitrogen and oxygen atoms in total. The Morgan fingerprint density at radius 1 is 1.24 bits per heavy atom. The van der Waals surface area contributed by atoms with Crippen LogP contribution in [0.4, 0.5) is 0 Å². The normalized spacial score (nSPS) is 31.7.